The second-order valence-electron chi connectivity index (χ2n) is 5.52. The van der Waals surface area contributed by atoms with Crippen LogP contribution in [0.15, 0.2) is 22.7 Å². The molecule has 1 aliphatic carbocycles. The first-order valence-corrected chi connectivity index (χ1v) is 7.97. The molecule has 0 aliphatic heterocycles. The van der Waals surface area contributed by atoms with Gasteiger partial charge in [0.15, 0.2) is 0 Å². The van der Waals surface area contributed by atoms with E-state index in [1.807, 2.05) is 12.1 Å². The fraction of sp³-hybridized carbons (Fsp3) is 0.562. The first kappa shape index (κ1) is 16.3. The van der Waals surface area contributed by atoms with Gasteiger partial charge in [-0.2, -0.15) is 5.26 Å². The molecule has 0 bridgehead atoms. The van der Waals surface area contributed by atoms with E-state index in [-0.39, 0.29) is 5.41 Å². The molecule has 1 saturated carbocycles. The third-order valence-electron chi connectivity index (χ3n) is 3.78. The summed E-state index contributed by atoms with van der Waals surface area (Å²) < 4.78 is 12.0. The van der Waals surface area contributed by atoms with Crippen LogP contribution in [0.4, 0.5) is 0 Å². The lowest BCUT2D eigenvalue weighted by atomic mass is 10.1. The average molecular weight is 353 g/mol. The maximum absolute atomic E-state index is 8.88. The highest BCUT2D eigenvalue weighted by Crippen LogP contribution is 2.49. The maximum Gasteiger partial charge on any atom is 0.137 e. The van der Waals surface area contributed by atoms with E-state index in [0.29, 0.717) is 19.6 Å². The first-order valence-electron chi connectivity index (χ1n) is 7.17. The van der Waals surface area contributed by atoms with Crippen LogP contribution in [-0.4, -0.2) is 26.9 Å². The number of para-hydroxylation sites is 1. The van der Waals surface area contributed by atoms with Gasteiger partial charge in [0.25, 0.3) is 0 Å². The number of halogens is 1. The summed E-state index contributed by atoms with van der Waals surface area (Å²) in [4.78, 5) is 0. The molecule has 0 heterocycles. The van der Waals surface area contributed by atoms with Crippen LogP contribution in [-0.2, 0) is 11.3 Å². The molecule has 4 nitrogen and oxygen atoms in total. The van der Waals surface area contributed by atoms with Gasteiger partial charge in [0.05, 0.1) is 23.8 Å². The van der Waals surface area contributed by atoms with Gasteiger partial charge < -0.3 is 14.8 Å². The predicted octanol–water partition coefficient (Wildman–Crippen LogP) is 3.26. The monoisotopic (exact) mass is 352 g/mol. The Labute approximate surface area is 134 Å². The van der Waals surface area contributed by atoms with Crippen LogP contribution in [0.3, 0.4) is 0 Å². The van der Waals surface area contributed by atoms with Crippen LogP contribution in [0.25, 0.3) is 0 Å². The van der Waals surface area contributed by atoms with Gasteiger partial charge in [0, 0.05) is 37.6 Å². The molecule has 0 atom stereocenters. The van der Waals surface area contributed by atoms with Crippen molar-refractivity contribution in [2.75, 3.05) is 26.9 Å². The number of nitrogens with one attached hydrogen (secondary N) is 1. The fourth-order valence-electron chi connectivity index (χ4n) is 2.19. The number of rotatable bonds is 9. The van der Waals surface area contributed by atoms with Crippen molar-refractivity contribution in [1.82, 2.24) is 5.32 Å². The number of hydrogen-bond donors (Lipinski definition) is 1. The van der Waals surface area contributed by atoms with Gasteiger partial charge in [-0.15, -0.1) is 0 Å². The van der Waals surface area contributed by atoms with Crippen LogP contribution < -0.4 is 10.1 Å². The van der Waals surface area contributed by atoms with E-state index in [1.165, 1.54) is 0 Å². The highest BCUT2D eigenvalue weighted by atomic mass is 79.9. The predicted molar refractivity (Wildman–Crippen MR) is 85.1 cm³/mol. The van der Waals surface area contributed by atoms with Gasteiger partial charge in [-0.05, 0) is 34.8 Å². The molecular weight excluding hydrogens is 332 g/mol. The normalized spacial score (nSPS) is 15.5. The summed E-state index contributed by atoms with van der Waals surface area (Å²) in [7, 11) is 1.69. The lowest BCUT2D eigenvalue weighted by Gasteiger charge is -2.17. The SMILES string of the molecule is COCCNCc1cccc(Br)c1OCC1(CC#N)CC1. The summed E-state index contributed by atoms with van der Waals surface area (Å²) in [5.74, 6) is 0.881. The van der Waals surface area contributed by atoms with E-state index < -0.39 is 0 Å². The zero-order chi connectivity index (χ0) is 15.1. The average Bonchev–Trinajstić information content (AvgIpc) is 3.23. The quantitative estimate of drug-likeness (QED) is 0.693. The smallest absolute Gasteiger partial charge is 0.137 e. The molecule has 0 unspecified atom stereocenters. The molecule has 1 aliphatic rings. The molecular formula is C16H21BrN2O2. The third-order valence-corrected chi connectivity index (χ3v) is 4.41. The number of ether oxygens (including phenoxy) is 2. The van der Waals surface area contributed by atoms with Crippen molar-refractivity contribution >= 4 is 15.9 Å². The molecule has 0 spiro atoms. The first-order chi connectivity index (χ1) is 10.2. The van der Waals surface area contributed by atoms with Crippen molar-refractivity contribution in [3.63, 3.8) is 0 Å². The number of hydrogen-bond acceptors (Lipinski definition) is 4. The Balaban J connectivity index is 1.95. The lowest BCUT2D eigenvalue weighted by molar-refractivity contribution is 0.198. The van der Waals surface area contributed by atoms with Crippen LogP contribution in [0.5, 0.6) is 5.75 Å². The molecule has 1 fully saturated rings. The maximum atomic E-state index is 8.88. The van der Waals surface area contributed by atoms with Crippen molar-refractivity contribution in [3.8, 4) is 11.8 Å². The number of benzene rings is 1. The zero-order valence-corrected chi connectivity index (χ0v) is 13.9. The standard InChI is InChI=1S/C16H21BrN2O2/c1-20-10-9-19-11-13-3-2-4-14(17)15(13)21-12-16(5-6-16)7-8-18/h2-4,19H,5-7,9-12H2,1H3. The van der Waals surface area contributed by atoms with Crippen molar-refractivity contribution in [2.45, 2.75) is 25.8 Å². The van der Waals surface area contributed by atoms with Crippen LogP contribution in [0, 0.1) is 16.7 Å². The molecule has 0 saturated heterocycles. The summed E-state index contributed by atoms with van der Waals surface area (Å²) in [6.07, 6.45) is 2.76. The Bertz CT molecular complexity index is 509. The van der Waals surface area contributed by atoms with E-state index >= 15 is 0 Å². The van der Waals surface area contributed by atoms with Gasteiger partial charge in [0.1, 0.15) is 5.75 Å². The minimum atomic E-state index is 0.0881. The van der Waals surface area contributed by atoms with Gasteiger partial charge in [-0.25, -0.2) is 0 Å². The summed E-state index contributed by atoms with van der Waals surface area (Å²) in [5, 5.41) is 12.2. The highest BCUT2D eigenvalue weighted by molar-refractivity contribution is 9.10. The second-order valence-corrected chi connectivity index (χ2v) is 6.38. The molecule has 21 heavy (non-hydrogen) atoms. The van der Waals surface area contributed by atoms with Gasteiger partial charge >= 0.3 is 0 Å². The Hall–Kier alpha value is -1.09. The minimum Gasteiger partial charge on any atom is -0.491 e. The molecule has 0 amide bonds. The van der Waals surface area contributed by atoms with E-state index in [1.54, 1.807) is 7.11 Å². The third kappa shape index (κ3) is 4.70. The molecule has 114 valence electrons. The van der Waals surface area contributed by atoms with Crippen LogP contribution >= 0.6 is 15.9 Å². The largest absolute Gasteiger partial charge is 0.491 e. The summed E-state index contributed by atoms with van der Waals surface area (Å²) in [5.41, 5.74) is 1.21. The highest BCUT2D eigenvalue weighted by Gasteiger charge is 2.43. The molecule has 1 aromatic rings. The van der Waals surface area contributed by atoms with E-state index in [9.17, 15) is 0 Å². The Morgan fingerprint density at radius 3 is 2.90 bits per heavy atom. The van der Waals surface area contributed by atoms with E-state index in [2.05, 4.69) is 33.4 Å². The van der Waals surface area contributed by atoms with Gasteiger partial charge in [-0.1, -0.05) is 12.1 Å². The number of methoxy groups -OCH3 is 1. The second kappa shape index (κ2) is 7.79. The van der Waals surface area contributed by atoms with Crippen LogP contribution in [0.1, 0.15) is 24.8 Å². The molecule has 1 N–H and O–H groups in total. The van der Waals surface area contributed by atoms with Crippen molar-refractivity contribution in [2.24, 2.45) is 5.41 Å². The van der Waals surface area contributed by atoms with Gasteiger partial charge in [-0.3, -0.25) is 0 Å². The van der Waals surface area contributed by atoms with E-state index in [4.69, 9.17) is 14.7 Å². The molecule has 1 aromatic carbocycles. The lowest BCUT2D eigenvalue weighted by Crippen LogP contribution is -2.20. The molecule has 2 rings (SSSR count). The number of nitriles is 1. The van der Waals surface area contributed by atoms with Crippen molar-refractivity contribution in [3.05, 3.63) is 28.2 Å². The summed E-state index contributed by atoms with van der Waals surface area (Å²) >= 11 is 3.55. The molecule has 0 radical (unpaired) electrons. The topological polar surface area (TPSA) is 54.3 Å². The van der Waals surface area contributed by atoms with Crippen LogP contribution in [0.2, 0.25) is 0 Å². The van der Waals surface area contributed by atoms with Crippen molar-refractivity contribution in [1.29, 1.82) is 5.26 Å². The molecule has 5 heteroatoms. The van der Waals surface area contributed by atoms with Crippen molar-refractivity contribution < 1.29 is 9.47 Å². The Kier molecular flexibility index (Phi) is 6.04. The zero-order valence-electron chi connectivity index (χ0n) is 12.3. The molecule has 0 aromatic heterocycles. The Morgan fingerprint density at radius 2 is 2.24 bits per heavy atom. The fourth-order valence-corrected chi connectivity index (χ4v) is 2.72. The minimum absolute atomic E-state index is 0.0881. The van der Waals surface area contributed by atoms with E-state index in [0.717, 1.165) is 41.7 Å². The number of nitrogens with zero attached hydrogens (tertiary/aromatic N) is 1. The Morgan fingerprint density at radius 1 is 1.43 bits per heavy atom. The summed E-state index contributed by atoms with van der Waals surface area (Å²) in [6.45, 7) is 2.86. The summed E-state index contributed by atoms with van der Waals surface area (Å²) in [6, 6.07) is 8.32. The van der Waals surface area contributed by atoms with Gasteiger partial charge in [0.2, 0.25) is 0 Å².